The molecule has 4 aromatic carbocycles. The third kappa shape index (κ3) is 2.56. The number of rotatable bonds is 6. The number of benzene rings is 4. The number of methoxy groups -OCH3 is 1. The van der Waals surface area contributed by atoms with E-state index in [0.717, 1.165) is 11.1 Å². The van der Waals surface area contributed by atoms with Crippen LogP contribution in [-0.4, -0.2) is 26.6 Å². The van der Waals surface area contributed by atoms with Crippen molar-refractivity contribution in [3.63, 3.8) is 0 Å². The lowest BCUT2D eigenvalue weighted by Crippen LogP contribution is -2.15. The number of hydrogen-bond acceptors (Lipinski definition) is 3. The van der Waals surface area contributed by atoms with Gasteiger partial charge in [0.2, 0.25) is 0 Å². The van der Waals surface area contributed by atoms with Gasteiger partial charge in [-0.1, -0.05) is 42.5 Å². The summed E-state index contributed by atoms with van der Waals surface area (Å²) in [5.74, 6) is 0.898. The van der Waals surface area contributed by atoms with E-state index in [2.05, 4.69) is 48.5 Å². The van der Waals surface area contributed by atoms with Gasteiger partial charge in [-0.2, -0.15) is 0 Å². The summed E-state index contributed by atoms with van der Waals surface area (Å²) in [4.78, 5) is 0. The fourth-order valence-electron chi connectivity index (χ4n) is 3.27. The van der Waals surface area contributed by atoms with Crippen LogP contribution in [0.2, 0.25) is 0 Å². The molecule has 0 fully saturated rings. The first kappa shape index (κ1) is 15.2. The van der Waals surface area contributed by atoms with Gasteiger partial charge in [-0.05, 0) is 40.6 Å². The highest BCUT2D eigenvalue weighted by molar-refractivity contribution is 6.24. The van der Waals surface area contributed by atoms with E-state index >= 15 is 0 Å². The van der Waals surface area contributed by atoms with Crippen molar-refractivity contribution in [3.8, 4) is 5.75 Å². The normalized spacial score (nSPS) is 13.1. The van der Waals surface area contributed by atoms with E-state index in [1.54, 1.807) is 7.11 Å². The Morgan fingerprint density at radius 2 is 1.46 bits per heavy atom. The Labute approximate surface area is 141 Å². The summed E-state index contributed by atoms with van der Waals surface area (Å²) in [7, 11) is 1.63. The van der Waals surface area contributed by atoms with Crippen LogP contribution in [0.3, 0.4) is 0 Å². The van der Waals surface area contributed by atoms with Crippen molar-refractivity contribution in [2.24, 2.45) is 0 Å². The van der Waals surface area contributed by atoms with Crippen LogP contribution in [0.4, 0.5) is 0 Å². The fourth-order valence-corrected chi connectivity index (χ4v) is 3.27. The molecule has 4 rings (SSSR count). The van der Waals surface area contributed by atoms with Gasteiger partial charge in [0.25, 0.3) is 0 Å². The molecular formula is C21H20O3. The molecular weight excluding hydrogens is 300 g/mol. The minimum atomic E-state index is -0.213. The van der Waals surface area contributed by atoms with E-state index in [0.29, 0.717) is 13.2 Å². The molecule has 0 aliphatic heterocycles. The highest BCUT2D eigenvalue weighted by Gasteiger charge is 2.11. The van der Waals surface area contributed by atoms with Gasteiger partial charge in [0, 0.05) is 17.9 Å². The average molecular weight is 320 g/mol. The van der Waals surface area contributed by atoms with E-state index in [4.69, 9.17) is 14.2 Å². The lowest BCUT2D eigenvalue weighted by atomic mass is 9.94. The van der Waals surface area contributed by atoms with Gasteiger partial charge in [-0.3, -0.25) is 0 Å². The molecule has 122 valence electrons. The Morgan fingerprint density at radius 1 is 0.792 bits per heavy atom. The molecule has 0 bridgehead atoms. The summed E-state index contributed by atoms with van der Waals surface area (Å²) < 4.78 is 16.5. The van der Waals surface area contributed by atoms with Gasteiger partial charge in [-0.25, -0.2) is 0 Å². The minimum absolute atomic E-state index is 0.213. The second-order valence-corrected chi connectivity index (χ2v) is 5.94. The SMILES string of the molecule is COC(C)OCCOc1ccc2ccc3cccc4ccc1c2c34. The highest BCUT2D eigenvalue weighted by atomic mass is 16.7. The Kier molecular flexibility index (Phi) is 3.97. The van der Waals surface area contributed by atoms with Crippen LogP contribution in [0.25, 0.3) is 32.3 Å². The van der Waals surface area contributed by atoms with E-state index < -0.39 is 0 Å². The smallest absolute Gasteiger partial charge is 0.154 e. The van der Waals surface area contributed by atoms with Gasteiger partial charge < -0.3 is 14.2 Å². The highest BCUT2D eigenvalue weighted by Crippen LogP contribution is 2.38. The average Bonchev–Trinajstić information content (AvgIpc) is 2.63. The van der Waals surface area contributed by atoms with Crippen molar-refractivity contribution in [1.82, 2.24) is 0 Å². The molecule has 0 heterocycles. The van der Waals surface area contributed by atoms with Crippen LogP contribution in [0.15, 0.2) is 54.6 Å². The van der Waals surface area contributed by atoms with Crippen LogP contribution in [-0.2, 0) is 9.47 Å². The van der Waals surface area contributed by atoms with Crippen molar-refractivity contribution in [3.05, 3.63) is 54.6 Å². The minimum Gasteiger partial charge on any atom is -0.491 e. The van der Waals surface area contributed by atoms with E-state index in [1.165, 1.54) is 26.9 Å². The first-order valence-electron chi connectivity index (χ1n) is 8.21. The Morgan fingerprint density at radius 3 is 2.21 bits per heavy atom. The molecule has 0 aliphatic carbocycles. The van der Waals surface area contributed by atoms with Crippen LogP contribution in [0.1, 0.15) is 6.92 Å². The molecule has 0 radical (unpaired) electrons. The van der Waals surface area contributed by atoms with Crippen LogP contribution in [0.5, 0.6) is 5.75 Å². The monoisotopic (exact) mass is 320 g/mol. The summed E-state index contributed by atoms with van der Waals surface area (Å²) in [5, 5.41) is 7.50. The second-order valence-electron chi connectivity index (χ2n) is 5.94. The standard InChI is InChI=1S/C21H20O3/c1-14(22-2)23-12-13-24-19-11-9-17-7-6-15-4-3-5-16-8-10-18(19)21(17)20(15)16/h3-11,14H,12-13H2,1-2H3. The molecule has 0 saturated heterocycles. The van der Waals surface area contributed by atoms with Crippen molar-refractivity contribution in [2.75, 3.05) is 20.3 Å². The van der Waals surface area contributed by atoms with Crippen LogP contribution >= 0.6 is 0 Å². The quantitative estimate of drug-likeness (QED) is 0.285. The molecule has 0 N–H and O–H groups in total. The molecule has 0 aromatic heterocycles. The number of ether oxygens (including phenoxy) is 3. The molecule has 1 unspecified atom stereocenters. The first-order chi connectivity index (χ1) is 11.8. The Hall–Kier alpha value is -2.36. The van der Waals surface area contributed by atoms with E-state index in [1.807, 2.05) is 13.0 Å². The summed E-state index contributed by atoms with van der Waals surface area (Å²) in [6.07, 6.45) is -0.213. The molecule has 4 aromatic rings. The molecule has 0 spiro atoms. The van der Waals surface area contributed by atoms with Crippen LogP contribution < -0.4 is 4.74 Å². The Bertz CT molecular complexity index is 961. The van der Waals surface area contributed by atoms with Gasteiger partial charge in [-0.15, -0.1) is 0 Å². The van der Waals surface area contributed by atoms with Gasteiger partial charge in [0.05, 0.1) is 6.61 Å². The van der Waals surface area contributed by atoms with Crippen molar-refractivity contribution < 1.29 is 14.2 Å². The Balaban J connectivity index is 1.72. The first-order valence-corrected chi connectivity index (χ1v) is 8.21. The van der Waals surface area contributed by atoms with Crippen molar-refractivity contribution in [1.29, 1.82) is 0 Å². The molecule has 1 atom stereocenters. The summed E-state index contributed by atoms with van der Waals surface area (Å²) in [5.41, 5.74) is 0. The van der Waals surface area contributed by atoms with Crippen molar-refractivity contribution in [2.45, 2.75) is 13.2 Å². The zero-order chi connectivity index (χ0) is 16.5. The largest absolute Gasteiger partial charge is 0.491 e. The van der Waals surface area contributed by atoms with E-state index in [9.17, 15) is 0 Å². The third-order valence-corrected chi connectivity index (χ3v) is 4.51. The number of hydrogen-bond donors (Lipinski definition) is 0. The zero-order valence-electron chi connectivity index (χ0n) is 13.9. The maximum Gasteiger partial charge on any atom is 0.154 e. The van der Waals surface area contributed by atoms with Crippen LogP contribution in [0, 0.1) is 0 Å². The molecule has 0 amide bonds. The molecule has 3 heteroatoms. The van der Waals surface area contributed by atoms with Gasteiger partial charge in [0.1, 0.15) is 12.4 Å². The maximum absolute atomic E-state index is 5.98. The fraction of sp³-hybridized carbons (Fsp3) is 0.238. The third-order valence-electron chi connectivity index (χ3n) is 4.51. The predicted octanol–water partition coefficient (Wildman–Crippen LogP) is 4.97. The zero-order valence-corrected chi connectivity index (χ0v) is 13.9. The molecule has 0 aliphatic rings. The lowest BCUT2D eigenvalue weighted by Gasteiger charge is -2.15. The summed E-state index contributed by atoms with van der Waals surface area (Å²) >= 11 is 0. The van der Waals surface area contributed by atoms with Gasteiger partial charge >= 0.3 is 0 Å². The second kappa shape index (κ2) is 6.27. The van der Waals surface area contributed by atoms with E-state index in [-0.39, 0.29) is 6.29 Å². The molecule has 0 saturated carbocycles. The van der Waals surface area contributed by atoms with Crippen molar-refractivity contribution >= 4 is 32.3 Å². The lowest BCUT2D eigenvalue weighted by molar-refractivity contribution is -0.115. The maximum atomic E-state index is 5.98. The van der Waals surface area contributed by atoms with Gasteiger partial charge in [0.15, 0.2) is 6.29 Å². The molecule has 24 heavy (non-hydrogen) atoms. The molecule has 3 nitrogen and oxygen atoms in total. The topological polar surface area (TPSA) is 27.7 Å². The summed E-state index contributed by atoms with van der Waals surface area (Å²) in [6, 6.07) is 19.3. The summed E-state index contributed by atoms with van der Waals surface area (Å²) in [6.45, 7) is 2.87. The predicted molar refractivity (Wildman–Crippen MR) is 98.1 cm³/mol.